The van der Waals surface area contributed by atoms with Gasteiger partial charge in [-0.3, -0.25) is 0 Å². The predicted molar refractivity (Wildman–Crippen MR) is 162 cm³/mol. The zero-order valence-electron chi connectivity index (χ0n) is 24.3. The summed E-state index contributed by atoms with van der Waals surface area (Å²) < 4.78 is 0. The van der Waals surface area contributed by atoms with Crippen LogP contribution < -0.4 is 0 Å². The van der Waals surface area contributed by atoms with Gasteiger partial charge in [-0.2, -0.15) is 0 Å². The summed E-state index contributed by atoms with van der Waals surface area (Å²) >= 11 is 1.86. The highest BCUT2D eigenvalue weighted by Crippen LogP contribution is 2.44. The highest BCUT2D eigenvalue weighted by molar-refractivity contribution is 7.99. The summed E-state index contributed by atoms with van der Waals surface area (Å²) in [4.78, 5) is 2.83. The number of benzene rings is 3. The van der Waals surface area contributed by atoms with Gasteiger partial charge in [0.15, 0.2) is 0 Å². The largest absolute Gasteiger partial charge is 0.505 e. The zero-order valence-corrected chi connectivity index (χ0v) is 25.1. The third-order valence-electron chi connectivity index (χ3n) is 7.35. The first kappa shape index (κ1) is 28.2. The summed E-state index contributed by atoms with van der Waals surface area (Å²) in [6.07, 6.45) is 3.39. The molecule has 0 aliphatic rings. The van der Waals surface area contributed by atoms with Gasteiger partial charge >= 0.3 is 0 Å². The number of fused-ring (bicyclic) bond motifs is 1. The molecule has 1 aromatic heterocycles. The van der Waals surface area contributed by atoms with Gasteiger partial charge in [0.1, 0.15) is 22.5 Å². The van der Waals surface area contributed by atoms with Crippen LogP contribution in [0.4, 0.5) is 0 Å². The van der Waals surface area contributed by atoms with Crippen LogP contribution in [0.25, 0.3) is 16.7 Å². The van der Waals surface area contributed by atoms with E-state index in [1.54, 1.807) is 4.80 Å². The number of phenolic OH excluding ortho intramolecular Hbond substituents is 1. The SMILES string of the molecule is CCCCSc1ccc2nn(-c3cc(C(C)(C)CC(C)(C)C)cc(C(C)(C)c4ccccc4)c3O)nc2c1. The molecule has 1 heterocycles. The Bertz CT molecular complexity index is 1400. The van der Waals surface area contributed by atoms with Crippen LogP contribution in [0.3, 0.4) is 0 Å². The summed E-state index contributed by atoms with van der Waals surface area (Å²) in [7, 11) is 0. The molecule has 38 heavy (non-hydrogen) atoms. The van der Waals surface area contributed by atoms with Crippen molar-refractivity contribution < 1.29 is 5.11 Å². The van der Waals surface area contributed by atoms with Gasteiger partial charge in [-0.1, -0.05) is 98.2 Å². The first-order valence-electron chi connectivity index (χ1n) is 13.8. The van der Waals surface area contributed by atoms with Crippen molar-refractivity contribution >= 4 is 22.8 Å². The van der Waals surface area contributed by atoms with Crippen LogP contribution in [-0.2, 0) is 10.8 Å². The van der Waals surface area contributed by atoms with Crippen LogP contribution in [0.5, 0.6) is 5.75 Å². The maximum atomic E-state index is 11.8. The van der Waals surface area contributed by atoms with E-state index < -0.39 is 5.41 Å². The Morgan fingerprint density at radius 1 is 0.816 bits per heavy atom. The van der Waals surface area contributed by atoms with Gasteiger partial charge in [-0.15, -0.1) is 26.8 Å². The molecule has 0 spiro atoms. The van der Waals surface area contributed by atoms with Crippen LogP contribution in [-0.4, -0.2) is 25.9 Å². The highest BCUT2D eigenvalue weighted by Gasteiger charge is 2.33. The van der Waals surface area contributed by atoms with E-state index in [2.05, 4.69) is 104 Å². The van der Waals surface area contributed by atoms with Crippen molar-refractivity contribution in [3.63, 3.8) is 0 Å². The van der Waals surface area contributed by atoms with Crippen molar-refractivity contribution in [1.82, 2.24) is 15.0 Å². The molecule has 202 valence electrons. The molecular formula is C33H43N3OS. The van der Waals surface area contributed by atoms with E-state index in [-0.39, 0.29) is 16.6 Å². The summed E-state index contributed by atoms with van der Waals surface area (Å²) in [6, 6.07) is 20.9. The molecule has 3 aromatic carbocycles. The number of thioether (sulfide) groups is 1. The molecule has 0 radical (unpaired) electrons. The Morgan fingerprint density at radius 3 is 2.16 bits per heavy atom. The Balaban J connectivity index is 1.88. The number of rotatable bonds is 9. The molecule has 0 bridgehead atoms. The molecule has 1 N–H and O–H groups in total. The molecule has 0 saturated heterocycles. The fraction of sp³-hybridized carbons (Fsp3) is 0.455. The van der Waals surface area contributed by atoms with E-state index in [1.165, 1.54) is 23.3 Å². The Morgan fingerprint density at radius 2 is 1.50 bits per heavy atom. The number of aromatic nitrogens is 3. The average Bonchev–Trinajstić information content (AvgIpc) is 3.26. The van der Waals surface area contributed by atoms with Gasteiger partial charge in [-0.05, 0) is 64.8 Å². The standard InChI is InChI=1S/C33H43N3OS/c1-9-10-18-38-25-16-17-27-28(21-25)35-36(34-27)29-20-24(32(5,6)22-31(2,3)4)19-26(30(29)37)33(7,8)23-14-12-11-13-15-23/h11-17,19-21,37H,9-10,18,22H2,1-8H3. The molecule has 4 rings (SSSR count). The minimum absolute atomic E-state index is 0.113. The van der Waals surface area contributed by atoms with Crippen molar-refractivity contribution in [1.29, 1.82) is 0 Å². The maximum absolute atomic E-state index is 11.8. The van der Waals surface area contributed by atoms with Crippen LogP contribution in [0, 0.1) is 5.41 Å². The second-order valence-electron chi connectivity index (χ2n) is 12.8. The van der Waals surface area contributed by atoms with Gasteiger partial charge in [0, 0.05) is 15.9 Å². The van der Waals surface area contributed by atoms with E-state index in [0.29, 0.717) is 5.69 Å². The van der Waals surface area contributed by atoms with Crippen molar-refractivity contribution in [2.24, 2.45) is 5.41 Å². The molecule has 0 amide bonds. The van der Waals surface area contributed by atoms with Gasteiger partial charge in [0.05, 0.1) is 0 Å². The third-order valence-corrected chi connectivity index (χ3v) is 8.43. The van der Waals surface area contributed by atoms with Crippen molar-refractivity contribution in [3.8, 4) is 11.4 Å². The quantitative estimate of drug-likeness (QED) is 0.173. The number of hydrogen-bond donors (Lipinski definition) is 1. The average molecular weight is 530 g/mol. The Labute approximate surface area is 232 Å². The monoisotopic (exact) mass is 529 g/mol. The normalized spacial score (nSPS) is 12.8. The van der Waals surface area contributed by atoms with Crippen LogP contribution in [0.2, 0.25) is 0 Å². The van der Waals surface area contributed by atoms with E-state index in [0.717, 1.165) is 34.3 Å². The second-order valence-corrected chi connectivity index (χ2v) is 14.0. The molecule has 0 fully saturated rings. The van der Waals surface area contributed by atoms with E-state index in [1.807, 2.05) is 23.9 Å². The van der Waals surface area contributed by atoms with Crippen molar-refractivity contribution in [3.05, 3.63) is 77.4 Å². The molecule has 0 saturated carbocycles. The molecule has 0 unspecified atom stereocenters. The molecule has 0 aliphatic heterocycles. The van der Waals surface area contributed by atoms with E-state index >= 15 is 0 Å². The lowest BCUT2D eigenvalue weighted by Gasteiger charge is -2.35. The van der Waals surface area contributed by atoms with Gasteiger partial charge in [-0.25, -0.2) is 0 Å². The molecule has 0 atom stereocenters. The number of aromatic hydroxyl groups is 1. The molecular weight excluding hydrogens is 486 g/mol. The van der Waals surface area contributed by atoms with Crippen LogP contribution >= 0.6 is 11.8 Å². The van der Waals surface area contributed by atoms with Gasteiger partial charge < -0.3 is 5.11 Å². The minimum atomic E-state index is -0.413. The molecule has 5 heteroatoms. The lowest BCUT2D eigenvalue weighted by atomic mass is 9.70. The number of unbranched alkanes of at least 4 members (excludes halogenated alkanes) is 1. The lowest BCUT2D eigenvalue weighted by Crippen LogP contribution is -2.27. The van der Waals surface area contributed by atoms with E-state index in [9.17, 15) is 5.11 Å². The summed E-state index contributed by atoms with van der Waals surface area (Å²) in [6.45, 7) is 18.0. The first-order valence-corrected chi connectivity index (χ1v) is 14.7. The minimum Gasteiger partial charge on any atom is -0.505 e. The summed E-state index contributed by atoms with van der Waals surface area (Å²) in [5.41, 5.74) is 5.13. The summed E-state index contributed by atoms with van der Waals surface area (Å²) in [5.74, 6) is 1.33. The predicted octanol–water partition coefficient (Wildman–Crippen LogP) is 9.06. The smallest absolute Gasteiger partial charge is 0.147 e. The lowest BCUT2D eigenvalue weighted by molar-refractivity contribution is 0.283. The molecule has 4 nitrogen and oxygen atoms in total. The van der Waals surface area contributed by atoms with Crippen LogP contribution in [0.15, 0.2) is 65.6 Å². The molecule has 4 aromatic rings. The fourth-order valence-electron chi connectivity index (χ4n) is 5.50. The highest BCUT2D eigenvalue weighted by atomic mass is 32.2. The van der Waals surface area contributed by atoms with Crippen LogP contribution in [0.1, 0.15) is 91.3 Å². The topological polar surface area (TPSA) is 50.9 Å². The molecule has 0 aliphatic carbocycles. The zero-order chi connectivity index (χ0) is 27.7. The first-order chi connectivity index (χ1) is 17.8. The Hall–Kier alpha value is -2.79. The third kappa shape index (κ3) is 6.09. The fourth-order valence-corrected chi connectivity index (χ4v) is 6.53. The number of hydrogen-bond acceptors (Lipinski definition) is 4. The van der Waals surface area contributed by atoms with Gasteiger partial charge in [0.2, 0.25) is 0 Å². The van der Waals surface area contributed by atoms with E-state index in [4.69, 9.17) is 10.2 Å². The van der Waals surface area contributed by atoms with Crippen molar-refractivity contribution in [2.45, 2.75) is 90.4 Å². The second kappa shape index (κ2) is 10.8. The van der Waals surface area contributed by atoms with Gasteiger partial charge in [0.25, 0.3) is 0 Å². The Kier molecular flexibility index (Phi) is 7.99. The summed E-state index contributed by atoms with van der Waals surface area (Å²) in [5, 5.41) is 21.4. The number of phenols is 1. The number of nitrogens with zero attached hydrogens (tertiary/aromatic N) is 3. The van der Waals surface area contributed by atoms with Crippen molar-refractivity contribution in [2.75, 3.05) is 5.75 Å². The maximum Gasteiger partial charge on any atom is 0.147 e.